The second-order valence-corrected chi connectivity index (χ2v) is 8.16. The first-order chi connectivity index (χ1) is 12.9. The molecule has 1 aromatic carbocycles. The first kappa shape index (κ1) is 20.0. The molecule has 0 aromatic heterocycles. The van der Waals surface area contributed by atoms with Crippen LogP contribution in [-0.2, 0) is 9.59 Å². The van der Waals surface area contributed by atoms with Crippen molar-refractivity contribution in [2.75, 3.05) is 26.2 Å². The van der Waals surface area contributed by atoms with Gasteiger partial charge in [-0.15, -0.1) is 0 Å². The van der Waals surface area contributed by atoms with Gasteiger partial charge >= 0.3 is 0 Å². The van der Waals surface area contributed by atoms with Crippen molar-refractivity contribution in [3.63, 3.8) is 0 Å². The predicted molar refractivity (Wildman–Crippen MR) is 106 cm³/mol. The molecule has 2 fully saturated rings. The third-order valence-corrected chi connectivity index (χ3v) is 5.93. The Morgan fingerprint density at radius 2 is 1.78 bits per heavy atom. The van der Waals surface area contributed by atoms with E-state index >= 15 is 0 Å². The number of carbonyl (C=O) groups is 2. The Kier molecular flexibility index (Phi) is 6.64. The lowest BCUT2D eigenvalue weighted by Crippen LogP contribution is -2.53. The summed E-state index contributed by atoms with van der Waals surface area (Å²) in [7, 11) is 0. The Balaban J connectivity index is 1.48. The number of benzene rings is 1. The Hall–Kier alpha value is -1.75. The fourth-order valence-electron chi connectivity index (χ4n) is 3.97. The van der Waals surface area contributed by atoms with Gasteiger partial charge in [-0.25, -0.2) is 0 Å². The molecule has 1 saturated carbocycles. The zero-order valence-corrected chi connectivity index (χ0v) is 17.0. The van der Waals surface area contributed by atoms with Crippen molar-refractivity contribution in [1.29, 1.82) is 0 Å². The van der Waals surface area contributed by atoms with Gasteiger partial charge in [0, 0.05) is 32.6 Å². The van der Waals surface area contributed by atoms with Crippen LogP contribution in [0.3, 0.4) is 0 Å². The fraction of sp³-hybridized carbons (Fsp3) is 0.619. The molecule has 148 valence electrons. The van der Waals surface area contributed by atoms with Crippen LogP contribution >= 0.6 is 11.6 Å². The second-order valence-electron chi connectivity index (χ2n) is 7.75. The summed E-state index contributed by atoms with van der Waals surface area (Å²) in [5, 5.41) is 0.502. The number of hydrogen-bond donors (Lipinski definition) is 0. The zero-order valence-electron chi connectivity index (χ0n) is 16.2. The van der Waals surface area contributed by atoms with Crippen LogP contribution in [0.1, 0.15) is 44.6 Å². The minimum Gasteiger partial charge on any atom is -0.479 e. The predicted octanol–water partition coefficient (Wildman–Crippen LogP) is 3.67. The van der Waals surface area contributed by atoms with Gasteiger partial charge in [-0.2, -0.15) is 0 Å². The van der Waals surface area contributed by atoms with Crippen LogP contribution in [0.2, 0.25) is 5.02 Å². The Bertz CT molecular complexity index is 680. The van der Waals surface area contributed by atoms with Gasteiger partial charge in [-0.3, -0.25) is 9.59 Å². The average Bonchev–Trinajstić information content (AvgIpc) is 3.17. The smallest absolute Gasteiger partial charge is 0.263 e. The summed E-state index contributed by atoms with van der Waals surface area (Å²) in [6.07, 6.45) is 4.93. The summed E-state index contributed by atoms with van der Waals surface area (Å²) in [5.41, 5.74) is 1.03. The number of hydrogen-bond acceptors (Lipinski definition) is 3. The lowest BCUT2D eigenvalue weighted by atomic mass is 10.0. The Morgan fingerprint density at radius 3 is 2.44 bits per heavy atom. The highest BCUT2D eigenvalue weighted by Gasteiger charge is 2.29. The molecule has 1 aliphatic carbocycles. The standard InChI is InChI=1S/C21H29ClN2O3/c1-15-7-8-18(22)19(13-15)27-16(2)21(26)24-11-9-23(10-12-24)20(25)14-17-5-3-4-6-17/h7-8,13,16-17H,3-6,9-12,14H2,1-2H3. The zero-order chi connectivity index (χ0) is 19.4. The second kappa shape index (κ2) is 8.96. The molecule has 0 radical (unpaired) electrons. The highest BCUT2D eigenvalue weighted by molar-refractivity contribution is 6.32. The van der Waals surface area contributed by atoms with Gasteiger partial charge in [-0.1, -0.05) is 30.5 Å². The summed E-state index contributed by atoms with van der Waals surface area (Å²) in [4.78, 5) is 28.9. The van der Waals surface area contributed by atoms with Gasteiger partial charge in [0.2, 0.25) is 5.91 Å². The molecule has 5 nitrogen and oxygen atoms in total. The molecule has 3 rings (SSSR count). The van der Waals surface area contributed by atoms with Crippen molar-refractivity contribution in [1.82, 2.24) is 9.80 Å². The highest BCUT2D eigenvalue weighted by atomic mass is 35.5. The molecule has 1 aromatic rings. The number of rotatable bonds is 5. The third kappa shape index (κ3) is 5.16. The summed E-state index contributed by atoms with van der Waals surface area (Å²) >= 11 is 6.16. The fourth-order valence-corrected chi connectivity index (χ4v) is 4.13. The maximum Gasteiger partial charge on any atom is 0.263 e. The average molecular weight is 393 g/mol. The molecule has 0 bridgehead atoms. The third-order valence-electron chi connectivity index (χ3n) is 5.62. The number of aryl methyl sites for hydroxylation is 1. The van der Waals surface area contributed by atoms with Gasteiger partial charge in [0.05, 0.1) is 5.02 Å². The van der Waals surface area contributed by atoms with Crippen LogP contribution in [0.5, 0.6) is 5.75 Å². The van der Waals surface area contributed by atoms with E-state index in [4.69, 9.17) is 16.3 Å². The maximum absolute atomic E-state index is 12.7. The van der Waals surface area contributed by atoms with Gasteiger partial charge < -0.3 is 14.5 Å². The van der Waals surface area contributed by atoms with Crippen LogP contribution < -0.4 is 4.74 Å². The van der Waals surface area contributed by atoms with Crippen molar-refractivity contribution in [2.45, 2.75) is 52.1 Å². The lowest BCUT2D eigenvalue weighted by Gasteiger charge is -2.36. The molecule has 1 atom stereocenters. The van der Waals surface area contributed by atoms with Gasteiger partial charge in [0.1, 0.15) is 5.75 Å². The van der Waals surface area contributed by atoms with E-state index in [2.05, 4.69) is 0 Å². The minimum atomic E-state index is -0.606. The van der Waals surface area contributed by atoms with E-state index in [1.54, 1.807) is 17.9 Å². The summed E-state index contributed by atoms with van der Waals surface area (Å²) < 4.78 is 5.80. The van der Waals surface area contributed by atoms with Crippen LogP contribution in [0.25, 0.3) is 0 Å². The molecule has 6 heteroatoms. The van der Waals surface area contributed by atoms with Crippen LogP contribution in [0.15, 0.2) is 18.2 Å². The number of ether oxygens (including phenoxy) is 1. The van der Waals surface area contributed by atoms with Crippen molar-refractivity contribution < 1.29 is 14.3 Å². The topological polar surface area (TPSA) is 49.9 Å². The van der Waals surface area contributed by atoms with Crippen molar-refractivity contribution in [3.8, 4) is 5.75 Å². The number of nitrogens with zero attached hydrogens (tertiary/aromatic N) is 2. The molecule has 1 aliphatic heterocycles. The van der Waals surface area contributed by atoms with Gasteiger partial charge in [0.15, 0.2) is 6.10 Å². The highest BCUT2D eigenvalue weighted by Crippen LogP contribution is 2.28. The monoisotopic (exact) mass is 392 g/mol. The van der Waals surface area contributed by atoms with Crippen LogP contribution in [-0.4, -0.2) is 53.9 Å². The van der Waals surface area contributed by atoms with Crippen LogP contribution in [0.4, 0.5) is 0 Å². The molecule has 1 saturated heterocycles. The molecule has 0 N–H and O–H groups in total. The van der Waals surface area contributed by atoms with E-state index in [0.717, 1.165) is 5.56 Å². The van der Waals surface area contributed by atoms with E-state index in [9.17, 15) is 9.59 Å². The molecule has 0 spiro atoms. The van der Waals surface area contributed by atoms with Gasteiger partial charge in [-0.05, 0) is 50.3 Å². The van der Waals surface area contributed by atoms with Gasteiger partial charge in [0.25, 0.3) is 5.91 Å². The maximum atomic E-state index is 12.7. The molecule has 1 unspecified atom stereocenters. The molecular formula is C21H29ClN2O3. The number of piperazine rings is 1. The SMILES string of the molecule is Cc1ccc(Cl)c(OC(C)C(=O)N2CCN(C(=O)CC3CCCC3)CC2)c1. The Morgan fingerprint density at radius 1 is 1.15 bits per heavy atom. The summed E-state index contributed by atoms with van der Waals surface area (Å²) in [6, 6.07) is 5.52. The number of amides is 2. The van der Waals surface area contributed by atoms with E-state index in [1.807, 2.05) is 24.0 Å². The van der Waals surface area contributed by atoms with Crippen molar-refractivity contribution in [2.24, 2.45) is 5.92 Å². The molecular weight excluding hydrogens is 364 g/mol. The molecule has 1 heterocycles. The van der Waals surface area contributed by atoms with E-state index < -0.39 is 6.10 Å². The van der Waals surface area contributed by atoms with E-state index in [0.29, 0.717) is 49.3 Å². The van der Waals surface area contributed by atoms with Crippen molar-refractivity contribution >= 4 is 23.4 Å². The number of carbonyl (C=O) groups excluding carboxylic acids is 2. The molecule has 2 aliphatic rings. The first-order valence-corrected chi connectivity index (χ1v) is 10.3. The Labute approximate surface area is 166 Å². The van der Waals surface area contributed by atoms with Crippen LogP contribution in [0, 0.1) is 12.8 Å². The largest absolute Gasteiger partial charge is 0.479 e. The molecule has 27 heavy (non-hydrogen) atoms. The molecule has 2 amide bonds. The quantitative estimate of drug-likeness (QED) is 0.768. The first-order valence-electron chi connectivity index (χ1n) is 9.93. The summed E-state index contributed by atoms with van der Waals surface area (Å²) in [5.74, 6) is 1.27. The van der Waals surface area contributed by atoms with Crippen molar-refractivity contribution in [3.05, 3.63) is 28.8 Å². The van der Waals surface area contributed by atoms with E-state index in [-0.39, 0.29) is 11.8 Å². The summed E-state index contributed by atoms with van der Waals surface area (Å²) in [6.45, 7) is 6.04. The number of halogens is 1. The normalized spacial score (nSPS) is 19.2. The van der Waals surface area contributed by atoms with E-state index in [1.165, 1.54) is 25.7 Å². The minimum absolute atomic E-state index is 0.0598. The lowest BCUT2D eigenvalue weighted by molar-refractivity contribution is -0.144.